The summed E-state index contributed by atoms with van der Waals surface area (Å²) < 4.78 is 0. The maximum Gasteiger partial charge on any atom is 0.339 e. The third-order valence-electron chi connectivity index (χ3n) is 2.02. The zero-order valence-corrected chi connectivity index (χ0v) is 11.1. The first-order chi connectivity index (χ1) is 7.95. The number of thioether (sulfide) groups is 1. The van der Waals surface area contributed by atoms with Gasteiger partial charge in [0.25, 0.3) is 0 Å². The molecule has 0 spiro atoms. The lowest BCUT2D eigenvalue weighted by Gasteiger charge is -2.08. The first-order valence-electron chi connectivity index (χ1n) is 4.96. The van der Waals surface area contributed by atoms with E-state index in [1.165, 1.54) is 11.8 Å². The lowest BCUT2D eigenvalue weighted by Crippen LogP contribution is -2.09. The van der Waals surface area contributed by atoms with Crippen LogP contribution < -0.4 is 0 Å². The van der Waals surface area contributed by atoms with Gasteiger partial charge in [0, 0.05) is 20.3 Å². The number of hydrogen-bond donors (Lipinski definition) is 1. The minimum atomic E-state index is -1.01. The molecule has 0 aromatic carbocycles. The number of nitrogens with zero attached hydrogens (tertiary/aromatic N) is 3. The Hall–Kier alpha value is -1.56. The molecule has 1 heterocycles. The van der Waals surface area contributed by atoms with E-state index in [0.717, 1.165) is 0 Å². The van der Waals surface area contributed by atoms with Crippen molar-refractivity contribution in [2.75, 3.05) is 20.4 Å². The summed E-state index contributed by atoms with van der Waals surface area (Å²) in [5.74, 6) is -1.01. The van der Waals surface area contributed by atoms with E-state index in [0.29, 0.717) is 16.5 Å². The third kappa shape index (κ3) is 3.45. The molecule has 17 heavy (non-hydrogen) atoms. The highest BCUT2D eigenvalue weighted by molar-refractivity contribution is 7.98. The molecule has 0 aliphatic rings. The first kappa shape index (κ1) is 13.5. The summed E-state index contributed by atoms with van der Waals surface area (Å²) in [5.41, 5.74) is 1.07. The van der Waals surface area contributed by atoms with Crippen molar-refractivity contribution >= 4 is 23.8 Å². The van der Waals surface area contributed by atoms with Crippen LogP contribution in [0.4, 0.5) is 0 Å². The largest absolute Gasteiger partial charge is 0.478 e. The van der Waals surface area contributed by atoms with Crippen LogP contribution in [0.5, 0.6) is 0 Å². The molecule has 0 fully saturated rings. The van der Waals surface area contributed by atoms with Crippen LogP contribution in [0.2, 0.25) is 0 Å². The Bertz CT molecular complexity index is 458. The Morgan fingerprint density at radius 1 is 1.41 bits per heavy atom. The number of aryl methyl sites for hydroxylation is 1. The average molecular weight is 253 g/mol. The van der Waals surface area contributed by atoms with Crippen molar-refractivity contribution in [1.29, 1.82) is 0 Å². The van der Waals surface area contributed by atoms with E-state index in [-0.39, 0.29) is 5.56 Å². The van der Waals surface area contributed by atoms with E-state index < -0.39 is 5.97 Å². The number of hydrogen-bond acceptors (Lipinski definition) is 5. The molecule has 0 radical (unpaired) electrons. The monoisotopic (exact) mass is 253 g/mol. The van der Waals surface area contributed by atoms with Crippen molar-refractivity contribution in [2.24, 2.45) is 0 Å². The van der Waals surface area contributed by atoms with Gasteiger partial charge in [0.15, 0.2) is 5.16 Å². The Balaban J connectivity index is 3.32. The summed E-state index contributed by atoms with van der Waals surface area (Å²) in [4.78, 5) is 21.3. The number of rotatable bonds is 4. The molecule has 1 rings (SSSR count). The number of carbonyl (C=O) groups is 1. The van der Waals surface area contributed by atoms with E-state index in [1.807, 2.05) is 25.3 Å². The van der Waals surface area contributed by atoms with E-state index in [4.69, 9.17) is 5.11 Å². The van der Waals surface area contributed by atoms with E-state index >= 15 is 0 Å². The maximum atomic E-state index is 11.2. The van der Waals surface area contributed by atoms with Crippen LogP contribution >= 0.6 is 11.8 Å². The van der Waals surface area contributed by atoms with Crippen LogP contribution in [0, 0.1) is 6.92 Å². The number of carboxylic acids is 1. The Morgan fingerprint density at radius 2 is 2.06 bits per heavy atom. The molecule has 0 atom stereocenters. The molecule has 0 amide bonds. The number of aromatic carboxylic acids is 1. The van der Waals surface area contributed by atoms with E-state index in [1.54, 1.807) is 19.2 Å². The molecule has 0 saturated carbocycles. The predicted octanol–water partition coefficient (Wildman–Crippen LogP) is 1.74. The molecular formula is C11H15N3O2S. The van der Waals surface area contributed by atoms with Crippen molar-refractivity contribution in [1.82, 2.24) is 14.9 Å². The van der Waals surface area contributed by atoms with Gasteiger partial charge in [0.05, 0.1) is 11.4 Å². The van der Waals surface area contributed by atoms with E-state index in [9.17, 15) is 4.79 Å². The fourth-order valence-electron chi connectivity index (χ4n) is 1.26. The van der Waals surface area contributed by atoms with Crippen LogP contribution in [0.15, 0.2) is 11.4 Å². The third-order valence-corrected chi connectivity index (χ3v) is 2.57. The van der Waals surface area contributed by atoms with Crippen molar-refractivity contribution in [3.05, 3.63) is 23.2 Å². The van der Waals surface area contributed by atoms with Gasteiger partial charge >= 0.3 is 5.97 Å². The van der Waals surface area contributed by atoms with Gasteiger partial charge in [-0.3, -0.25) is 0 Å². The molecule has 6 heteroatoms. The van der Waals surface area contributed by atoms with E-state index in [2.05, 4.69) is 9.97 Å². The summed E-state index contributed by atoms with van der Waals surface area (Å²) in [6, 6.07) is 0. The summed E-state index contributed by atoms with van der Waals surface area (Å²) in [7, 11) is 3.72. The molecule has 0 aliphatic carbocycles. The summed E-state index contributed by atoms with van der Waals surface area (Å²) in [6.45, 7) is 1.68. The van der Waals surface area contributed by atoms with Crippen LogP contribution in [0.3, 0.4) is 0 Å². The Labute approximate surface area is 105 Å². The van der Waals surface area contributed by atoms with Gasteiger partial charge < -0.3 is 10.0 Å². The van der Waals surface area contributed by atoms with Gasteiger partial charge in [-0.25, -0.2) is 14.8 Å². The maximum absolute atomic E-state index is 11.2. The summed E-state index contributed by atoms with van der Waals surface area (Å²) in [5, 5.41) is 9.72. The quantitative estimate of drug-likeness (QED) is 0.651. The van der Waals surface area contributed by atoms with Gasteiger partial charge in [-0.15, -0.1) is 0 Å². The smallest absolute Gasteiger partial charge is 0.339 e. The highest BCUT2D eigenvalue weighted by Gasteiger charge is 2.15. The molecule has 92 valence electrons. The van der Waals surface area contributed by atoms with Crippen molar-refractivity contribution in [3.8, 4) is 0 Å². The summed E-state index contributed by atoms with van der Waals surface area (Å²) >= 11 is 1.39. The molecule has 0 unspecified atom stereocenters. The molecule has 0 bridgehead atoms. The molecule has 1 N–H and O–H groups in total. The standard InChI is InChI=1S/C11H15N3O2S/c1-7-9(10(15)16)8(5-6-14(2)3)13-11(12-7)17-4/h5-6H,1-4H3,(H,15,16). The second-order valence-electron chi connectivity index (χ2n) is 3.64. The lowest BCUT2D eigenvalue weighted by molar-refractivity contribution is 0.0694. The number of aromatic nitrogens is 2. The highest BCUT2D eigenvalue weighted by Crippen LogP contribution is 2.17. The van der Waals surface area contributed by atoms with Crippen LogP contribution in [0.1, 0.15) is 21.7 Å². The molecular weight excluding hydrogens is 238 g/mol. The van der Waals surface area contributed by atoms with Gasteiger partial charge in [-0.05, 0) is 19.3 Å². The van der Waals surface area contributed by atoms with Crippen molar-refractivity contribution in [2.45, 2.75) is 12.1 Å². The second-order valence-corrected chi connectivity index (χ2v) is 4.41. The van der Waals surface area contributed by atoms with Crippen LogP contribution in [0.25, 0.3) is 6.08 Å². The highest BCUT2D eigenvalue weighted by atomic mass is 32.2. The fraction of sp³-hybridized carbons (Fsp3) is 0.364. The Morgan fingerprint density at radius 3 is 2.53 bits per heavy atom. The first-order valence-corrected chi connectivity index (χ1v) is 6.18. The average Bonchev–Trinajstić information content (AvgIpc) is 2.24. The summed E-state index contributed by atoms with van der Waals surface area (Å²) in [6.07, 6.45) is 5.30. The lowest BCUT2D eigenvalue weighted by atomic mass is 10.1. The minimum absolute atomic E-state index is 0.154. The molecule has 1 aromatic heterocycles. The minimum Gasteiger partial charge on any atom is -0.478 e. The fourth-order valence-corrected chi connectivity index (χ4v) is 1.68. The normalized spacial score (nSPS) is 10.8. The molecule has 0 saturated heterocycles. The van der Waals surface area contributed by atoms with Gasteiger partial charge in [0.2, 0.25) is 0 Å². The van der Waals surface area contributed by atoms with Crippen LogP contribution in [-0.4, -0.2) is 46.3 Å². The molecule has 1 aromatic rings. The van der Waals surface area contributed by atoms with Gasteiger partial charge in [-0.1, -0.05) is 11.8 Å². The molecule has 5 nitrogen and oxygen atoms in total. The SMILES string of the molecule is CSc1nc(C)c(C(=O)O)c(C=CN(C)C)n1. The van der Waals surface area contributed by atoms with Crippen molar-refractivity contribution < 1.29 is 9.90 Å². The number of carboxylic acid groups (broad SMARTS) is 1. The zero-order valence-electron chi connectivity index (χ0n) is 10.3. The van der Waals surface area contributed by atoms with Crippen LogP contribution in [-0.2, 0) is 0 Å². The topological polar surface area (TPSA) is 66.3 Å². The predicted molar refractivity (Wildman–Crippen MR) is 68.2 cm³/mol. The molecule has 0 aliphatic heterocycles. The van der Waals surface area contributed by atoms with Crippen molar-refractivity contribution in [3.63, 3.8) is 0 Å². The second kappa shape index (κ2) is 5.67. The van der Waals surface area contributed by atoms with Gasteiger partial charge in [-0.2, -0.15) is 0 Å². The Kier molecular flexibility index (Phi) is 4.51. The zero-order chi connectivity index (χ0) is 13.0. The van der Waals surface area contributed by atoms with Gasteiger partial charge in [0.1, 0.15) is 5.56 Å².